The van der Waals surface area contributed by atoms with E-state index in [0.29, 0.717) is 37.8 Å². The van der Waals surface area contributed by atoms with Gasteiger partial charge >= 0.3 is 6.09 Å². The van der Waals surface area contributed by atoms with Crippen LogP contribution in [0.2, 0.25) is 0 Å². The molecule has 1 aliphatic heterocycles. The summed E-state index contributed by atoms with van der Waals surface area (Å²) in [4.78, 5) is 11.1. The van der Waals surface area contributed by atoms with Crippen LogP contribution in [0.15, 0.2) is 50.8 Å². The van der Waals surface area contributed by atoms with E-state index < -0.39 is 16.1 Å². The first kappa shape index (κ1) is 19.1. The van der Waals surface area contributed by atoms with E-state index in [1.54, 1.807) is 36.4 Å². The SMILES string of the molecule is COC(=O)N/N=C\c1ccc(-c2ccc(S(=O)(=O)N3CCOCC3)cc2)o1. The summed E-state index contributed by atoms with van der Waals surface area (Å²) in [6.07, 6.45) is 0.646. The summed E-state index contributed by atoms with van der Waals surface area (Å²) in [6.45, 7) is 1.51. The van der Waals surface area contributed by atoms with Crippen LogP contribution in [-0.4, -0.2) is 58.4 Å². The van der Waals surface area contributed by atoms with Gasteiger partial charge in [-0.25, -0.2) is 18.6 Å². The number of carbonyl (C=O) groups excluding carboxylic acids is 1. The quantitative estimate of drug-likeness (QED) is 0.611. The Kier molecular flexibility index (Phi) is 5.89. The lowest BCUT2D eigenvalue weighted by Gasteiger charge is -2.26. The van der Waals surface area contributed by atoms with Crippen LogP contribution in [0.3, 0.4) is 0 Å². The molecule has 0 radical (unpaired) electrons. The van der Waals surface area contributed by atoms with E-state index in [-0.39, 0.29) is 4.90 Å². The molecule has 0 bridgehead atoms. The molecule has 3 rings (SSSR count). The number of sulfonamides is 1. The van der Waals surface area contributed by atoms with E-state index >= 15 is 0 Å². The molecule has 1 amide bonds. The Bertz CT molecular complexity index is 914. The van der Waals surface area contributed by atoms with Gasteiger partial charge in [-0.3, -0.25) is 0 Å². The maximum atomic E-state index is 12.6. The zero-order chi connectivity index (χ0) is 19.3. The molecule has 1 saturated heterocycles. The number of methoxy groups -OCH3 is 1. The van der Waals surface area contributed by atoms with Gasteiger partial charge in [-0.1, -0.05) is 0 Å². The average Bonchev–Trinajstić information content (AvgIpc) is 3.17. The van der Waals surface area contributed by atoms with E-state index in [9.17, 15) is 13.2 Å². The number of nitrogens with one attached hydrogen (secondary N) is 1. The lowest BCUT2D eigenvalue weighted by atomic mass is 10.2. The summed E-state index contributed by atoms with van der Waals surface area (Å²) in [5.41, 5.74) is 2.87. The number of carbonyl (C=O) groups is 1. The normalized spacial score (nSPS) is 15.7. The standard InChI is InChI=1S/C17H19N3O6S/c1-24-17(21)19-18-12-14-4-7-16(26-14)13-2-5-15(6-3-13)27(22,23)20-8-10-25-11-9-20/h2-7,12H,8-11H2,1H3,(H,19,21)/b18-12-. The summed E-state index contributed by atoms with van der Waals surface area (Å²) < 4.78 is 41.9. The van der Waals surface area contributed by atoms with Crippen molar-refractivity contribution < 1.29 is 27.1 Å². The fourth-order valence-corrected chi connectivity index (χ4v) is 3.91. The number of hydrogen-bond donors (Lipinski definition) is 1. The van der Waals surface area contributed by atoms with Gasteiger partial charge in [0.25, 0.3) is 0 Å². The Morgan fingerprint density at radius 3 is 2.56 bits per heavy atom. The summed E-state index contributed by atoms with van der Waals surface area (Å²) in [6, 6.07) is 9.87. The monoisotopic (exact) mass is 393 g/mol. The first-order valence-electron chi connectivity index (χ1n) is 8.16. The summed E-state index contributed by atoms with van der Waals surface area (Å²) in [5.74, 6) is 0.969. The van der Waals surface area contributed by atoms with Gasteiger partial charge in [0, 0.05) is 18.7 Å². The molecule has 27 heavy (non-hydrogen) atoms. The molecule has 0 saturated carbocycles. The number of hydrazone groups is 1. The van der Waals surface area contributed by atoms with Crippen molar-refractivity contribution in [2.45, 2.75) is 4.90 Å². The molecule has 1 aromatic heterocycles. The Hall–Kier alpha value is -2.69. The summed E-state index contributed by atoms with van der Waals surface area (Å²) >= 11 is 0. The topological polar surface area (TPSA) is 110 Å². The second-order valence-corrected chi connectivity index (χ2v) is 7.54. The molecule has 9 nitrogen and oxygen atoms in total. The maximum absolute atomic E-state index is 12.6. The van der Waals surface area contributed by atoms with Gasteiger partial charge in [0.1, 0.15) is 11.5 Å². The zero-order valence-electron chi connectivity index (χ0n) is 14.6. The average molecular weight is 393 g/mol. The highest BCUT2D eigenvalue weighted by Gasteiger charge is 2.26. The molecule has 0 spiro atoms. The lowest BCUT2D eigenvalue weighted by molar-refractivity contribution is 0.0730. The molecule has 1 N–H and O–H groups in total. The van der Waals surface area contributed by atoms with E-state index in [1.165, 1.54) is 17.6 Å². The molecule has 0 unspecified atom stereocenters. The number of hydrogen-bond acceptors (Lipinski definition) is 7. The number of nitrogens with zero attached hydrogens (tertiary/aromatic N) is 2. The second-order valence-electron chi connectivity index (χ2n) is 5.60. The fourth-order valence-electron chi connectivity index (χ4n) is 2.50. The van der Waals surface area contributed by atoms with E-state index in [4.69, 9.17) is 9.15 Å². The highest BCUT2D eigenvalue weighted by atomic mass is 32.2. The number of morpholine rings is 1. The first-order valence-corrected chi connectivity index (χ1v) is 9.60. The molecule has 1 fully saturated rings. The number of furan rings is 1. The van der Waals surface area contributed by atoms with E-state index in [0.717, 1.165) is 5.56 Å². The summed E-state index contributed by atoms with van der Waals surface area (Å²) in [7, 11) is -2.29. The molecular formula is C17H19N3O6S. The van der Waals surface area contributed by atoms with Crippen molar-refractivity contribution in [3.8, 4) is 11.3 Å². The van der Waals surface area contributed by atoms with Crippen molar-refractivity contribution in [1.29, 1.82) is 0 Å². The van der Waals surface area contributed by atoms with Gasteiger partial charge in [-0.15, -0.1) is 0 Å². The van der Waals surface area contributed by atoms with Crippen LogP contribution in [0, 0.1) is 0 Å². The zero-order valence-corrected chi connectivity index (χ0v) is 15.4. The van der Waals surface area contributed by atoms with Crippen LogP contribution < -0.4 is 5.43 Å². The van der Waals surface area contributed by atoms with Crippen molar-refractivity contribution in [2.75, 3.05) is 33.4 Å². The molecule has 2 aromatic rings. The van der Waals surface area contributed by atoms with Crippen LogP contribution in [0.1, 0.15) is 5.76 Å². The van der Waals surface area contributed by atoms with Gasteiger partial charge in [0.15, 0.2) is 0 Å². The Morgan fingerprint density at radius 2 is 1.89 bits per heavy atom. The van der Waals surface area contributed by atoms with Gasteiger partial charge < -0.3 is 13.9 Å². The lowest BCUT2D eigenvalue weighted by Crippen LogP contribution is -2.40. The van der Waals surface area contributed by atoms with E-state index in [2.05, 4.69) is 15.3 Å². The number of amides is 1. The van der Waals surface area contributed by atoms with Crippen LogP contribution in [0.5, 0.6) is 0 Å². The Labute approximate surface area is 156 Å². The highest BCUT2D eigenvalue weighted by Crippen LogP contribution is 2.24. The third-order valence-corrected chi connectivity index (χ3v) is 5.82. The Morgan fingerprint density at radius 1 is 1.19 bits per heavy atom. The van der Waals surface area contributed by atoms with Crippen molar-refractivity contribution in [2.24, 2.45) is 5.10 Å². The third kappa shape index (κ3) is 4.54. The van der Waals surface area contributed by atoms with Crippen LogP contribution in [0.4, 0.5) is 4.79 Å². The third-order valence-electron chi connectivity index (χ3n) is 3.91. The maximum Gasteiger partial charge on any atom is 0.427 e. The van der Waals surface area contributed by atoms with Gasteiger partial charge in [-0.05, 0) is 36.4 Å². The minimum Gasteiger partial charge on any atom is -0.455 e. The Balaban J connectivity index is 1.71. The van der Waals surface area contributed by atoms with Crippen LogP contribution in [-0.2, 0) is 19.5 Å². The molecular weight excluding hydrogens is 374 g/mol. The van der Waals surface area contributed by atoms with Crippen molar-refractivity contribution in [1.82, 2.24) is 9.73 Å². The second kappa shape index (κ2) is 8.33. The fraction of sp³-hybridized carbons (Fsp3) is 0.294. The van der Waals surface area contributed by atoms with Crippen molar-refractivity contribution in [3.63, 3.8) is 0 Å². The number of benzene rings is 1. The first-order chi connectivity index (χ1) is 13.0. The molecule has 1 aromatic carbocycles. The van der Waals surface area contributed by atoms with Gasteiger partial charge in [0.05, 0.1) is 31.4 Å². The van der Waals surface area contributed by atoms with Gasteiger partial charge in [0.2, 0.25) is 10.0 Å². The number of ether oxygens (including phenoxy) is 2. The largest absolute Gasteiger partial charge is 0.455 e. The number of rotatable bonds is 5. The molecule has 144 valence electrons. The summed E-state index contributed by atoms with van der Waals surface area (Å²) in [5, 5.41) is 3.68. The van der Waals surface area contributed by atoms with Gasteiger partial charge in [-0.2, -0.15) is 9.41 Å². The molecule has 0 atom stereocenters. The smallest absolute Gasteiger partial charge is 0.427 e. The van der Waals surface area contributed by atoms with E-state index in [1.807, 2.05) is 0 Å². The van der Waals surface area contributed by atoms with Crippen molar-refractivity contribution in [3.05, 3.63) is 42.2 Å². The van der Waals surface area contributed by atoms with Crippen LogP contribution >= 0.6 is 0 Å². The minimum atomic E-state index is -3.53. The van der Waals surface area contributed by atoms with Crippen molar-refractivity contribution >= 4 is 22.3 Å². The highest BCUT2D eigenvalue weighted by molar-refractivity contribution is 7.89. The molecule has 1 aliphatic rings. The molecule has 10 heteroatoms. The predicted octanol–water partition coefficient (Wildman–Crippen LogP) is 1.66. The van der Waals surface area contributed by atoms with Crippen LogP contribution in [0.25, 0.3) is 11.3 Å². The molecule has 2 heterocycles. The predicted molar refractivity (Wildman–Crippen MR) is 96.9 cm³/mol. The minimum absolute atomic E-state index is 0.226. The molecule has 0 aliphatic carbocycles.